The van der Waals surface area contributed by atoms with Gasteiger partial charge in [0.25, 0.3) is 0 Å². The number of aliphatic hydroxyl groups excluding tert-OH is 1. The molecule has 382 valence electrons. The van der Waals surface area contributed by atoms with Crippen LogP contribution in [0.1, 0.15) is 97.4 Å². The molecule has 0 spiro atoms. The first-order chi connectivity index (χ1) is 32.8. The number of halogens is 2. The van der Waals surface area contributed by atoms with E-state index in [0.717, 1.165) is 23.8 Å². The fraction of sp³-hybridized carbons (Fsp3) is 0.479. The normalized spacial score (nSPS) is 13.8. The van der Waals surface area contributed by atoms with Crippen LogP contribution in [0.5, 0.6) is 0 Å². The van der Waals surface area contributed by atoms with Crippen LogP contribution in [-0.4, -0.2) is 122 Å². The fourth-order valence-corrected chi connectivity index (χ4v) is 7.71. The number of primary amides is 1. The summed E-state index contributed by atoms with van der Waals surface area (Å²) in [5.74, 6) is -10.3. The van der Waals surface area contributed by atoms with Crippen LogP contribution in [0.25, 0.3) is 11.1 Å². The largest absolute Gasteiger partial charge is 0.481 e. The number of nitrogens with two attached hydrogens (primary N) is 1. The fourth-order valence-electron chi connectivity index (χ4n) is 7.71. The molecule has 0 bridgehead atoms. The lowest BCUT2D eigenvalue weighted by atomic mass is 9.80. The van der Waals surface area contributed by atoms with Crippen molar-refractivity contribution in [3.8, 4) is 11.1 Å². The maximum atomic E-state index is 15.1. The summed E-state index contributed by atoms with van der Waals surface area (Å²) < 4.78 is 31.4. The Morgan fingerprint density at radius 1 is 0.786 bits per heavy atom. The molecule has 0 aliphatic carbocycles. The standard InChI is InChI=1S/C48H64F2N8O12/c1-7-48(6,23-42(66)67)22-38(61)53-24-39(62)54-28(2)44(68)55-35(21-41(64)65)46(70)56-34(20-37(51)60)45(69)52-16-11-17-58(40(63)27-59)43(47(3,4)5)36-18-30(32-19-31(49)14-15-33(32)50)26-57(36)25-29-12-9-8-10-13-29/h8-10,12-15,18-19,26,28,34-35,43,59H,7,11,16-17,20-25,27H2,1-6H3,(H2,51,60)(H,52,69)(H,53,61)(H,54,62)(H,55,68)(H,56,70)(H,64,65)(H,66,67)/t28-,34-,35+,43-,48?/m0/s1. The van der Waals surface area contributed by atoms with Crippen molar-refractivity contribution < 1.29 is 67.3 Å². The molecule has 22 heteroatoms. The van der Waals surface area contributed by atoms with E-state index in [1.165, 1.54) is 11.8 Å². The maximum absolute atomic E-state index is 15.1. The van der Waals surface area contributed by atoms with Crippen LogP contribution in [0, 0.1) is 22.5 Å². The number of benzene rings is 2. The number of rotatable bonds is 27. The van der Waals surface area contributed by atoms with Crippen molar-refractivity contribution in [2.45, 2.75) is 111 Å². The van der Waals surface area contributed by atoms with Crippen LogP contribution in [0.15, 0.2) is 60.8 Å². The van der Waals surface area contributed by atoms with E-state index in [-0.39, 0.29) is 44.5 Å². The first-order valence-corrected chi connectivity index (χ1v) is 22.5. The second-order valence-electron chi connectivity index (χ2n) is 18.4. The molecule has 1 heterocycles. The molecule has 0 aliphatic rings. The highest BCUT2D eigenvalue weighted by Gasteiger charge is 2.38. The van der Waals surface area contributed by atoms with Gasteiger partial charge in [-0.05, 0) is 60.4 Å². The number of hydrogen-bond donors (Lipinski definition) is 9. The van der Waals surface area contributed by atoms with Gasteiger partial charge in [0.2, 0.25) is 41.4 Å². The highest BCUT2D eigenvalue weighted by Crippen LogP contribution is 2.41. The second kappa shape index (κ2) is 25.9. The van der Waals surface area contributed by atoms with Gasteiger partial charge in [-0.3, -0.25) is 43.2 Å². The number of aliphatic hydroxyl groups is 1. The minimum atomic E-state index is -1.83. The summed E-state index contributed by atoms with van der Waals surface area (Å²) in [6.45, 7) is 8.63. The molecule has 20 nitrogen and oxygen atoms in total. The predicted molar refractivity (Wildman–Crippen MR) is 250 cm³/mol. The van der Waals surface area contributed by atoms with Gasteiger partial charge in [-0.2, -0.15) is 0 Å². The summed E-state index contributed by atoms with van der Waals surface area (Å²) in [6, 6.07) is 8.32. The van der Waals surface area contributed by atoms with Crippen LogP contribution >= 0.6 is 0 Å². The molecule has 0 radical (unpaired) electrons. The number of carboxylic acids is 2. The number of aliphatic carboxylic acids is 2. The van der Waals surface area contributed by atoms with Crippen LogP contribution in [-0.2, 0) is 49.7 Å². The molecule has 2 aromatic carbocycles. The van der Waals surface area contributed by atoms with Gasteiger partial charge in [0.15, 0.2) is 0 Å². The molecular weight excluding hydrogens is 919 g/mol. The van der Waals surface area contributed by atoms with Gasteiger partial charge in [-0.1, -0.05) is 65.0 Å². The van der Waals surface area contributed by atoms with Gasteiger partial charge in [-0.15, -0.1) is 0 Å². The molecule has 1 aromatic heterocycles. The van der Waals surface area contributed by atoms with Crippen molar-refractivity contribution in [2.75, 3.05) is 26.2 Å². The van der Waals surface area contributed by atoms with E-state index in [1.807, 2.05) is 55.7 Å². The van der Waals surface area contributed by atoms with Gasteiger partial charge >= 0.3 is 11.9 Å². The summed E-state index contributed by atoms with van der Waals surface area (Å²) in [7, 11) is 0. The van der Waals surface area contributed by atoms with Crippen molar-refractivity contribution in [3.05, 3.63) is 83.7 Å². The number of nitrogens with one attached hydrogen (secondary N) is 5. The lowest BCUT2D eigenvalue weighted by Gasteiger charge is -2.41. The van der Waals surface area contributed by atoms with E-state index in [0.29, 0.717) is 17.7 Å². The minimum Gasteiger partial charge on any atom is -0.481 e. The molecule has 5 atom stereocenters. The SMILES string of the molecule is CCC(C)(CC(=O)O)CC(=O)NCC(=O)N[C@@H](C)C(=O)N[C@H](CC(=O)O)C(=O)N[C@@H](CC(N)=O)C(=O)NCCCN(C(=O)CO)[C@@H](c1cc(-c2cc(F)ccc2F)cn1Cc1ccccc1)C(C)(C)C. The molecule has 0 fully saturated rings. The van der Waals surface area contributed by atoms with Gasteiger partial charge < -0.3 is 57.1 Å². The van der Waals surface area contributed by atoms with Crippen LogP contribution in [0.3, 0.4) is 0 Å². The summed E-state index contributed by atoms with van der Waals surface area (Å²) in [5, 5.41) is 40.5. The van der Waals surface area contributed by atoms with Gasteiger partial charge in [0.05, 0.1) is 31.8 Å². The van der Waals surface area contributed by atoms with E-state index < -0.39 is 126 Å². The highest BCUT2D eigenvalue weighted by molar-refractivity contribution is 5.97. The average Bonchev–Trinajstić information content (AvgIpc) is 3.67. The third-order valence-corrected chi connectivity index (χ3v) is 11.4. The molecule has 0 saturated carbocycles. The Morgan fingerprint density at radius 2 is 1.43 bits per heavy atom. The Bertz CT molecular complexity index is 2370. The van der Waals surface area contributed by atoms with Crippen molar-refractivity contribution in [1.82, 2.24) is 36.1 Å². The third kappa shape index (κ3) is 17.7. The Balaban J connectivity index is 1.75. The number of nitrogens with zero attached hydrogens (tertiary/aromatic N) is 2. The summed E-state index contributed by atoms with van der Waals surface area (Å²) in [6.07, 6.45) is -0.173. The monoisotopic (exact) mass is 982 g/mol. The van der Waals surface area contributed by atoms with Gasteiger partial charge in [0.1, 0.15) is 36.4 Å². The van der Waals surface area contributed by atoms with Crippen molar-refractivity contribution in [1.29, 1.82) is 0 Å². The van der Waals surface area contributed by atoms with Crippen LogP contribution < -0.4 is 32.3 Å². The number of carbonyl (C=O) groups is 9. The van der Waals surface area contributed by atoms with E-state index in [4.69, 9.17) is 10.8 Å². The Labute approximate surface area is 404 Å². The zero-order valence-corrected chi connectivity index (χ0v) is 40.1. The average molecular weight is 983 g/mol. The smallest absolute Gasteiger partial charge is 0.305 e. The first kappa shape index (κ1) is 57.1. The number of carboxylic acid groups (broad SMARTS) is 2. The quantitative estimate of drug-likeness (QED) is 0.0497. The van der Waals surface area contributed by atoms with Gasteiger partial charge in [-0.25, -0.2) is 8.78 Å². The van der Waals surface area contributed by atoms with Crippen molar-refractivity contribution >= 4 is 53.3 Å². The molecule has 0 aliphatic heterocycles. The van der Waals surface area contributed by atoms with E-state index in [9.17, 15) is 57.8 Å². The zero-order chi connectivity index (χ0) is 52.5. The zero-order valence-electron chi connectivity index (χ0n) is 40.1. The Hall–Kier alpha value is -7.23. The number of aromatic nitrogens is 1. The summed E-state index contributed by atoms with van der Waals surface area (Å²) in [4.78, 5) is 115. The van der Waals surface area contributed by atoms with Gasteiger partial charge in [0, 0.05) is 49.1 Å². The Morgan fingerprint density at radius 3 is 2.01 bits per heavy atom. The summed E-state index contributed by atoms with van der Waals surface area (Å²) in [5.41, 5.74) is 5.47. The molecule has 0 saturated heterocycles. The van der Waals surface area contributed by atoms with E-state index >= 15 is 4.39 Å². The molecule has 7 amide bonds. The summed E-state index contributed by atoms with van der Waals surface area (Å²) >= 11 is 0. The maximum Gasteiger partial charge on any atom is 0.305 e. The van der Waals surface area contributed by atoms with Crippen LogP contribution in [0.2, 0.25) is 0 Å². The topological polar surface area (TPSA) is 309 Å². The number of hydrogen-bond acceptors (Lipinski definition) is 10. The number of carbonyl (C=O) groups excluding carboxylic acids is 7. The predicted octanol–water partition coefficient (Wildman–Crippen LogP) is 2.12. The van der Waals surface area contributed by atoms with E-state index in [1.54, 1.807) is 26.1 Å². The lowest BCUT2D eigenvalue weighted by molar-refractivity contribution is -0.141. The van der Waals surface area contributed by atoms with Crippen LogP contribution in [0.4, 0.5) is 8.78 Å². The molecule has 3 rings (SSSR count). The highest BCUT2D eigenvalue weighted by atomic mass is 19.1. The molecule has 10 N–H and O–H groups in total. The third-order valence-electron chi connectivity index (χ3n) is 11.4. The molecule has 3 aromatic rings. The first-order valence-electron chi connectivity index (χ1n) is 22.5. The van der Waals surface area contributed by atoms with E-state index in [2.05, 4.69) is 26.6 Å². The Kier molecular flexibility index (Phi) is 21.2. The lowest BCUT2D eigenvalue weighted by Crippen LogP contribution is -2.57. The van der Waals surface area contributed by atoms with Crippen molar-refractivity contribution in [2.24, 2.45) is 16.6 Å². The number of amides is 7. The second-order valence-corrected chi connectivity index (χ2v) is 18.4. The minimum absolute atomic E-state index is 0.0103. The molecule has 70 heavy (non-hydrogen) atoms. The molecular formula is C48H64F2N8O12. The van der Waals surface area contributed by atoms with Crippen molar-refractivity contribution in [3.63, 3.8) is 0 Å². The molecule has 1 unspecified atom stereocenters.